The minimum Gasteiger partial charge on any atom is -0.456 e. The Labute approximate surface area is 370 Å². The van der Waals surface area contributed by atoms with Crippen molar-refractivity contribution in [1.82, 2.24) is 10.2 Å². The molecular formula is C48H54N2O14. The molecule has 3 fully saturated rings. The molecule has 1 heterocycles. The zero-order valence-electron chi connectivity index (χ0n) is 36.7. The fourth-order valence-corrected chi connectivity index (χ4v) is 10.2. The highest BCUT2D eigenvalue weighted by Gasteiger charge is 2.78. The number of rotatable bonds is 10. The van der Waals surface area contributed by atoms with Crippen molar-refractivity contribution in [2.45, 2.75) is 101 Å². The number of carbonyl (C=O) groups is 6. The fraction of sp³-hybridized carbons (Fsp3) is 0.458. The van der Waals surface area contributed by atoms with E-state index in [0.717, 1.165) is 11.8 Å². The minimum absolute atomic E-state index is 0.0214. The number of hydrogen-bond donors (Lipinski definition) is 4. The second kappa shape index (κ2) is 17.2. The second-order valence-electron chi connectivity index (χ2n) is 18.0. The maximum Gasteiger partial charge on any atom is 0.410 e. The fourth-order valence-electron chi connectivity index (χ4n) is 10.2. The molecule has 0 spiro atoms. The second-order valence-corrected chi connectivity index (χ2v) is 18.0. The van der Waals surface area contributed by atoms with Crippen LogP contribution in [0.25, 0.3) is 0 Å². The van der Waals surface area contributed by atoms with E-state index in [1.807, 2.05) is 0 Å². The predicted molar refractivity (Wildman–Crippen MR) is 226 cm³/mol. The molecule has 16 nitrogen and oxygen atoms in total. The number of ether oxygens (including phenoxy) is 5. The van der Waals surface area contributed by atoms with Gasteiger partial charge in [-0.3, -0.25) is 14.4 Å². The van der Waals surface area contributed by atoms with Crippen LogP contribution in [-0.4, -0.2) is 124 Å². The van der Waals surface area contributed by atoms with E-state index in [4.69, 9.17) is 23.7 Å². The molecule has 11 atom stereocenters. The van der Waals surface area contributed by atoms with Gasteiger partial charge in [0.1, 0.15) is 23.9 Å². The maximum absolute atomic E-state index is 15.7. The molecule has 7 rings (SSSR count). The van der Waals surface area contributed by atoms with Crippen LogP contribution in [0.2, 0.25) is 0 Å². The Balaban J connectivity index is 1.40. The van der Waals surface area contributed by atoms with Gasteiger partial charge in [0.15, 0.2) is 23.6 Å². The van der Waals surface area contributed by atoms with Crippen LogP contribution in [0.5, 0.6) is 0 Å². The molecule has 16 heteroatoms. The van der Waals surface area contributed by atoms with Crippen molar-refractivity contribution < 1.29 is 67.8 Å². The van der Waals surface area contributed by atoms with Gasteiger partial charge in [-0.25, -0.2) is 14.4 Å². The largest absolute Gasteiger partial charge is 0.456 e. The molecule has 2 bridgehead atoms. The van der Waals surface area contributed by atoms with Crippen molar-refractivity contribution in [1.29, 1.82) is 0 Å². The third kappa shape index (κ3) is 7.65. The summed E-state index contributed by atoms with van der Waals surface area (Å²) in [5.74, 6) is -6.01. The lowest BCUT2D eigenvalue weighted by atomic mass is 9.44. The lowest BCUT2D eigenvalue weighted by molar-refractivity contribution is -0.345. The summed E-state index contributed by atoms with van der Waals surface area (Å²) in [6, 6.07) is 22.9. The molecule has 3 aromatic carbocycles. The molecule has 4 aliphatic rings. The van der Waals surface area contributed by atoms with E-state index in [2.05, 4.69) is 5.32 Å². The number of aliphatic hydroxyl groups is 3. The topological polar surface area (TPSA) is 225 Å². The van der Waals surface area contributed by atoms with Crippen molar-refractivity contribution >= 4 is 35.7 Å². The lowest BCUT2D eigenvalue weighted by Crippen LogP contribution is -2.82. The Morgan fingerprint density at radius 3 is 1.98 bits per heavy atom. The van der Waals surface area contributed by atoms with Crippen LogP contribution in [0.15, 0.2) is 102 Å². The molecule has 2 amide bonds. The van der Waals surface area contributed by atoms with Gasteiger partial charge in [-0.15, -0.1) is 0 Å². The van der Waals surface area contributed by atoms with E-state index in [1.165, 1.54) is 40.1 Å². The number of carbonyl (C=O) groups excluding carboxylic acids is 6. The number of fused-ring (bicyclic) bond motifs is 5. The first-order valence-corrected chi connectivity index (χ1v) is 21.1. The minimum atomic E-state index is -2.41. The third-order valence-electron chi connectivity index (χ3n) is 13.8. The van der Waals surface area contributed by atoms with E-state index in [0.29, 0.717) is 5.56 Å². The number of benzene rings is 3. The zero-order chi connectivity index (χ0) is 46.5. The van der Waals surface area contributed by atoms with Gasteiger partial charge in [-0.2, -0.15) is 0 Å². The van der Waals surface area contributed by atoms with Crippen LogP contribution in [0.1, 0.15) is 79.8 Å². The third-order valence-corrected chi connectivity index (χ3v) is 13.8. The number of amides is 2. The quantitative estimate of drug-likeness (QED) is 0.129. The van der Waals surface area contributed by atoms with E-state index in [9.17, 15) is 39.3 Å². The Kier molecular flexibility index (Phi) is 12.4. The standard InChI is InChI=1S/C48H54N2O14/c1-26-31(61-43(57)36(53)35(28-17-11-8-12-18-28)49-41(55)29-19-13-9-14-20-29)24-48(59)40(63-42(56)30-21-15-10-16-22-30)38-46(5,32(52)23-33-47(38,25-60-33)64-27(2)51)39(54)37(34(26)45(48,3)4)62-44(58)50(6)7/h8-22,31-33,35-38,40,52-53,59H,23-25H2,1-7H3,(H,49,55)/t31-,32-,33+,35-,36+,37+,38?,40-,46+,47-,48+/m0/s1. The molecule has 2 saturated carbocycles. The van der Waals surface area contributed by atoms with Crippen LogP contribution < -0.4 is 5.32 Å². The van der Waals surface area contributed by atoms with E-state index >= 15 is 4.79 Å². The van der Waals surface area contributed by atoms with Crippen molar-refractivity contribution in [3.05, 3.63) is 119 Å². The van der Waals surface area contributed by atoms with Gasteiger partial charge in [0.2, 0.25) is 0 Å². The number of ketones is 1. The SMILES string of the molecule is CC(=O)O[C@@]12CO[C@@H]1C[C@H](O)[C@@]1(C)C(=O)[C@H](OC(=O)N(C)C)C3=C(C)[C@@H](OC(=O)[C@H](O)[C@@H](NC(=O)c4ccccc4)c4ccccc4)C[C@@](O)([C@@H](OC(=O)c4ccccc4)C12)C3(C)C. The van der Waals surface area contributed by atoms with Crippen molar-refractivity contribution in [2.24, 2.45) is 16.7 Å². The molecule has 1 unspecified atom stereocenters. The van der Waals surface area contributed by atoms with Crippen LogP contribution in [0.3, 0.4) is 0 Å². The molecule has 340 valence electrons. The van der Waals surface area contributed by atoms with E-state index in [1.54, 1.807) is 92.7 Å². The zero-order valence-corrected chi connectivity index (χ0v) is 36.7. The molecule has 64 heavy (non-hydrogen) atoms. The Bertz CT molecular complexity index is 2340. The molecule has 0 aromatic heterocycles. The number of hydrogen-bond acceptors (Lipinski definition) is 14. The molecule has 3 aromatic rings. The highest BCUT2D eigenvalue weighted by atomic mass is 16.6. The summed E-state index contributed by atoms with van der Waals surface area (Å²) >= 11 is 0. The van der Waals surface area contributed by atoms with Crippen LogP contribution in [0.4, 0.5) is 4.79 Å². The first-order valence-electron chi connectivity index (χ1n) is 21.1. The molecular weight excluding hydrogens is 829 g/mol. The average molecular weight is 883 g/mol. The maximum atomic E-state index is 15.7. The molecule has 0 radical (unpaired) electrons. The van der Waals surface area contributed by atoms with Crippen LogP contribution in [0, 0.1) is 16.7 Å². The monoisotopic (exact) mass is 882 g/mol. The van der Waals surface area contributed by atoms with Crippen molar-refractivity contribution in [3.63, 3.8) is 0 Å². The van der Waals surface area contributed by atoms with E-state index in [-0.39, 0.29) is 35.3 Å². The van der Waals surface area contributed by atoms with Crippen LogP contribution >= 0.6 is 0 Å². The highest BCUT2D eigenvalue weighted by molar-refractivity contribution is 5.96. The smallest absolute Gasteiger partial charge is 0.410 e. The number of nitrogens with zero attached hydrogens (tertiary/aromatic N) is 1. The summed E-state index contributed by atoms with van der Waals surface area (Å²) < 4.78 is 30.6. The highest BCUT2D eigenvalue weighted by Crippen LogP contribution is 2.64. The van der Waals surface area contributed by atoms with Crippen LogP contribution in [-0.2, 0) is 38.1 Å². The number of aliphatic hydroxyl groups excluding tert-OH is 2. The summed E-state index contributed by atoms with van der Waals surface area (Å²) in [5.41, 5.74) is -7.17. The first-order chi connectivity index (χ1) is 30.2. The Morgan fingerprint density at radius 2 is 1.44 bits per heavy atom. The summed E-state index contributed by atoms with van der Waals surface area (Å²) in [6.45, 7) is 6.88. The first kappa shape index (κ1) is 46.1. The average Bonchev–Trinajstić information content (AvgIpc) is 3.26. The van der Waals surface area contributed by atoms with Gasteiger partial charge in [-0.1, -0.05) is 80.6 Å². The molecule has 3 aliphatic carbocycles. The molecule has 1 aliphatic heterocycles. The van der Waals surface area contributed by atoms with Gasteiger partial charge in [-0.05, 0) is 54.8 Å². The molecule has 1 saturated heterocycles. The van der Waals surface area contributed by atoms with Gasteiger partial charge in [0.05, 0.1) is 35.6 Å². The summed E-state index contributed by atoms with van der Waals surface area (Å²) in [7, 11) is 2.80. The summed E-state index contributed by atoms with van der Waals surface area (Å²) in [4.78, 5) is 85.6. The normalized spacial score (nSPS) is 31.2. The Hall–Kier alpha value is -5.94. The van der Waals surface area contributed by atoms with Crippen molar-refractivity contribution in [2.75, 3.05) is 20.7 Å². The summed E-state index contributed by atoms with van der Waals surface area (Å²) in [5, 5.41) is 40.5. The lowest BCUT2D eigenvalue weighted by Gasteiger charge is -2.67. The predicted octanol–water partition coefficient (Wildman–Crippen LogP) is 3.87. The van der Waals surface area contributed by atoms with Gasteiger partial charge >= 0.3 is 24.0 Å². The Morgan fingerprint density at radius 1 is 0.859 bits per heavy atom. The number of Topliss-reactive ketones (excluding diaryl/α,β-unsaturated/α-hetero) is 1. The molecule has 4 N–H and O–H groups in total. The van der Waals surface area contributed by atoms with Crippen molar-refractivity contribution in [3.8, 4) is 0 Å². The van der Waals surface area contributed by atoms with Gasteiger partial charge in [0.25, 0.3) is 5.91 Å². The summed E-state index contributed by atoms with van der Waals surface area (Å²) in [6.07, 6.45) is -11.6. The number of nitrogens with one attached hydrogen (secondary N) is 1. The van der Waals surface area contributed by atoms with Gasteiger partial charge in [0, 0.05) is 44.8 Å². The van der Waals surface area contributed by atoms with Gasteiger partial charge < -0.3 is 49.2 Å². The van der Waals surface area contributed by atoms with E-state index < -0.39 is 113 Å². The number of esters is 3.